The number of aliphatic hydroxyl groups excluding tert-OH is 4. The Bertz CT molecular complexity index is 1550. The predicted octanol–water partition coefficient (Wildman–Crippen LogP) is 1.71. The lowest BCUT2D eigenvalue weighted by molar-refractivity contribution is -0.150. The summed E-state index contributed by atoms with van der Waals surface area (Å²) < 4.78 is 6.65. The highest BCUT2D eigenvalue weighted by Crippen LogP contribution is 2.29. The van der Waals surface area contributed by atoms with Crippen molar-refractivity contribution < 1.29 is 30.0 Å². The van der Waals surface area contributed by atoms with Crippen LogP contribution in [0.4, 0.5) is 11.8 Å². The fraction of sp³-hybridized carbons (Fsp3) is 0.438. The molecule has 45 heavy (non-hydrogen) atoms. The van der Waals surface area contributed by atoms with Crippen LogP contribution < -0.4 is 15.6 Å². The molecule has 2 fully saturated rings. The van der Waals surface area contributed by atoms with Gasteiger partial charge in [-0.25, -0.2) is 14.7 Å². The zero-order valence-electron chi connectivity index (χ0n) is 25.0. The van der Waals surface area contributed by atoms with Gasteiger partial charge in [-0.1, -0.05) is 73.5 Å². The Hall–Kier alpha value is -4.14. The molecule has 2 aromatic carbocycles. The van der Waals surface area contributed by atoms with Crippen molar-refractivity contribution in [1.29, 1.82) is 0 Å². The van der Waals surface area contributed by atoms with Gasteiger partial charge in [0.05, 0.1) is 12.1 Å². The number of carbonyl (C=O) groups is 1. The molecule has 3 heterocycles. The molecule has 1 amide bonds. The van der Waals surface area contributed by atoms with E-state index in [1.54, 1.807) is 6.92 Å². The molecular formula is C32H39N7O6. The lowest BCUT2D eigenvalue weighted by Gasteiger charge is -2.29. The first kappa shape index (κ1) is 30.9. The Morgan fingerprint density at radius 3 is 2.24 bits per heavy atom. The van der Waals surface area contributed by atoms with E-state index in [-0.39, 0.29) is 24.5 Å². The van der Waals surface area contributed by atoms with E-state index in [0.29, 0.717) is 29.9 Å². The number of hydrogen-bond donors (Lipinski definition) is 6. The number of carbonyl (C=O) groups excluding carboxylic acids is 1. The van der Waals surface area contributed by atoms with Gasteiger partial charge in [0.2, 0.25) is 5.95 Å². The summed E-state index contributed by atoms with van der Waals surface area (Å²) in [6.45, 7) is 2.36. The van der Waals surface area contributed by atoms with Crippen LogP contribution in [0.2, 0.25) is 0 Å². The first-order valence-electron chi connectivity index (χ1n) is 15.4. The van der Waals surface area contributed by atoms with Gasteiger partial charge in [-0.3, -0.25) is 4.79 Å². The first-order valence-corrected chi connectivity index (χ1v) is 15.4. The van der Waals surface area contributed by atoms with Crippen molar-refractivity contribution in [2.45, 2.75) is 75.3 Å². The molecule has 13 heteroatoms. The number of rotatable bonds is 10. The Morgan fingerprint density at radius 2 is 1.64 bits per heavy atom. The third-order valence-corrected chi connectivity index (χ3v) is 8.60. The molecule has 0 radical (unpaired) electrons. The van der Waals surface area contributed by atoms with E-state index in [4.69, 9.17) is 14.7 Å². The van der Waals surface area contributed by atoms with Crippen molar-refractivity contribution in [1.82, 2.24) is 19.6 Å². The zero-order chi connectivity index (χ0) is 31.5. The van der Waals surface area contributed by atoms with E-state index in [1.807, 2.05) is 36.4 Å². The number of ether oxygens (including phenoxy) is 1. The maximum atomic E-state index is 13.5. The van der Waals surface area contributed by atoms with Crippen LogP contribution in [0, 0.1) is 0 Å². The molecule has 1 aliphatic heterocycles. The minimum Gasteiger partial charge on any atom is -0.391 e. The second-order valence-electron chi connectivity index (χ2n) is 11.5. The van der Waals surface area contributed by atoms with E-state index in [0.717, 1.165) is 30.4 Å². The quantitative estimate of drug-likeness (QED) is 0.153. The van der Waals surface area contributed by atoms with Gasteiger partial charge < -0.3 is 35.8 Å². The van der Waals surface area contributed by atoms with Gasteiger partial charge in [0, 0.05) is 19.0 Å². The summed E-state index contributed by atoms with van der Waals surface area (Å²) in [6, 6.07) is 20.1. The molecule has 238 valence electrons. The topological polar surface area (TPSA) is 178 Å². The van der Waals surface area contributed by atoms with E-state index in [9.17, 15) is 25.2 Å². The Morgan fingerprint density at radius 1 is 0.978 bits per heavy atom. The van der Waals surface area contributed by atoms with Crippen LogP contribution >= 0.6 is 0 Å². The van der Waals surface area contributed by atoms with Crippen LogP contribution in [0.5, 0.6) is 0 Å². The highest BCUT2D eigenvalue weighted by molar-refractivity contribution is 5.93. The monoisotopic (exact) mass is 617 g/mol. The number of aliphatic hydroxyl groups is 4. The number of imidazole rings is 1. The van der Waals surface area contributed by atoms with Gasteiger partial charge in [0.25, 0.3) is 5.91 Å². The van der Waals surface area contributed by atoms with Gasteiger partial charge in [-0.2, -0.15) is 9.97 Å². The summed E-state index contributed by atoms with van der Waals surface area (Å²) in [7, 11) is 0. The van der Waals surface area contributed by atoms with Gasteiger partial charge in [-0.15, -0.1) is 0 Å². The number of anilines is 2. The van der Waals surface area contributed by atoms with Crippen molar-refractivity contribution in [2.24, 2.45) is 0 Å². The van der Waals surface area contributed by atoms with Gasteiger partial charge in [0.1, 0.15) is 18.5 Å². The molecule has 2 aliphatic rings. The van der Waals surface area contributed by atoms with Crippen molar-refractivity contribution in [3.8, 4) is 0 Å². The molecule has 0 spiro atoms. The second kappa shape index (κ2) is 13.5. The molecular weight excluding hydrogens is 578 g/mol. The highest BCUT2D eigenvalue weighted by atomic mass is 16.6. The van der Waals surface area contributed by atoms with Gasteiger partial charge in [-0.05, 0) is 30.9 Å². The summed E-state index contributed by atoms with van der Waals surface area (Å²) in [5.74, 6) is 0.0113. The standard InChI is InChI=1S/C32H39N7O6/c1-2-38(30(43)27-25(41)26(42)31(44)45-27)39-18-34-24-28(36-32(37-29(24)39)35-22-15-9-10-16-23(22)40)33-17-21(19-11-5-3-6-12-19)20-13-7-4-8-14-20/h3-8,11-14,18,21-23,25-27,31,40-42,44H,2,9-10,15-17H2,1H3,(H2,33,35,36,37)/t22?,23?,25-,26+,27-,31+/m0/s1. The van der Waals surface area contributed by atoms with Crippen LogP contribution in [0.25, 0.3) is 11.2 Å². The summed E-state index contributed by atoms with van der Waals surface area (Å²) in [5.41, 5.74) is 2.96. The predicted molar refractivity (Wildman–Crippen MR) is 167 cm³/mol. The van der Waals surface area contributed by atoms with E-state index >= 15 is 0 Å². The van der Waals surface area contributed by atoms with Crippen LogP contribution in [0.3, 0.4) is 0 Å². The van der Waals surface area contributed by atoms with Crippen LogP contribution in [0.1, 0.15) is 49.7 Å². The molecule has 2 aromatic heterocycles. The number of fused-ring (bicyclic) bond motifs is 1. The minimum absolute atomic E-state index is 0.0105. The Kier molecular flexibility index (Phi) is 9.24. The molecule has 1 saturated heterocycles. The number of nitrogens with zero attached hydrogens (tertiary/aromatic N) is 5. The van der Waals surface area contributed by atoms with Gasteiger partial charge in [0.15, 0.2) is 29.4 Å². The van der Waals surface area contributed by atoms with Crippen LogP contribution in [0.15, 0.2) is 67.0 Å². The van der Waals surface area contributed by atoms with Crippen molar-refractivity contribution >= 4 is 28.8 Å². The summed E-state index contributed by atoms with van der Waals surface area (Å²) in [6.07, 6.45) is -2.16. The van der Waals surface area contributed by atoms with Crippen LogP contribution in [-0.2, 0) is 9.53 Å². The maximum Gasteiger partial charge on any atom is 0.273 e. The minimum atomic E-state index is -1.69. The number of likely N-dealkylation sites (N-methyl/N-ethyl adjacent to an activating group) is 1. The number of nitrogens with one attached hydrogen (secondary N) is 2. The lowest BCUT2D eigenvalue weighted by atomic mass is 9.91. The molecule has 6 N–H and O–H groups in total. The molecule has 6 atom stereocenters. The Balaban J connectivity index is 1.37. The second-order valence-corrected chi connectivity index (χ2v) is 11.5. The number of aromatic nitrogens is 4. The third kappa shape index (κ3) is 6.35. The third-order valence-electron chi connectivity index (χ3n) is 8.60. The normalized spacial score (nSPS) is 25.0. The first-order chi connectivity index (χ1) is 21.9. The van der Waals surface area contributed by atoms with Crippen molar-refractivity contribution in [2.75, 3.05) is 28.7 Å². The van der Waals surface area contributed by atoms with Crippen molar-refractivity contribution in [3.05, 3.63) is 78.1 Å². The van der Waals surface area contributed by atoms with Crippen LogP contribution in [-0.4, -0.2) is 95.8 Å². The molecule has 1 aliphatic carbocycles. The number of hydrogen-bond acceptors (Lipinski definition) is 11. The molecule has 13 nitrogen and oxygen atoms in total. The smallest absolute Gasteiger partial charge is 0.273 e. The molecule has 4 aromatic rings. The molecule has 0 bridgehead atoms. The summed E-state index contributed by atoms with van der Waals surface area (Å²) in [5, 5.41) is 49.0. The fourth-order valence-corrected chi connectivity index (χ4v) is 6.12. The van der Waals surface area contributed by atoms with E-state index in [2.05, 4.69) is 39.9 Å². The Labute approximate surface area is 260 Å². The fourth-order valence-electron chi connectivity index (χ4n) is 6.12. The molecule has 1 saturated carbocycles. The zero-order valence-corrected chi connectivity index (χ0v) is 25.0. The highest BCUT2D eigenvalue weighted by Gasteiger charge is 2.47. The van der Waals surface area contributed by atoms with E-state index < -0.39 is 36.6 Å². The number of amides is 1. The van der Waals surface area contributed by atoms with E-state index in [1.165, 1.54) is 16.0 Å². The molecule has 2 unspecified atom stereocenters. The lowest BCUT2D eigenvalue weighted by Crippen LogP contribution is -2.50. The maximum absolute atomic E-state index is 13.5. The number of benzene rings is 2. The summed E-state index contributed by atoms with van der Waals surface area (Å²) >= 11 is 0. The average Bonchev–Trinajstić information content (AvgIpc) is 3.59. The van der Waals surface area contributed by atoms with Gasteiger partial charge >= 0.3 is 0 Å². The largest absolute Gasteiger partial charge is 0.391 e. The summed E-state index contributed by atoms with van der Waals surface area (Å²) in [4.78, 5) is 27.6. The van der Waals surface area contributed by atoms with Crippen molar-refractivity contribution in [3.63, 3.8) is 0 Å². The molecule has 6 rings (SSSR count). The SMILES string of the molecule is CCN(C(=O)[C@H]1O[C@@H](O)[C@H](O)[C@@H]1O)n1cnc2c(NCC(c3ccccc3)c3ccccc3)nc(NC3CCCCC3O)nc21. The average molecular weight is 618 g/mol.